The molecule has 34 heavy (non-hydrogen) atoms. The van der Waals surface area contributed by atoms with Gasteiger partial charge in [-0.25, -0.2) is 8.78 Å². The monoisotopic (exact) mass is 467 g/mol. The Bertz CT molecular complexity index is 1210. The number of allylic oxidation sites excluding steroid dienone is 2. The first-order valence-electron chi connectivity index (χ1n) is 11.3. The number of likely N-dealkylation sites (N-methyl/N-ethyl adjacent to an activating group) is 2. The molecule has 5 rings (SSSR count). The normalized spacial score (nSPS) is 19.1. The van der Waals surface area contributed by atoms with Crippen molar-refractivity contribution in [3.8, 4) is 0 Å². The van der Waals surface area contributed by atoms with E-state index in [1.807, 2.05) is 18.1 Å². The number of nitrogens with zero attached hydrogens (tertiary/aromatic N) is 4. The van der Waals surface area contributed by atoms with Crippen LogP contribution in [0, 0.1) is 11.6 Å². The highest BCUT2D eigenvalue weighted by Crippen LogP contribution is 2.41. The van der Waals surface area contributed by atoms with Gasteiger partial charge in [-0.2, -0.15) is 5.10 Å². The standard InChI is InChI=1S/C25H27F2N5O2/c1-30-12-17(15-5-7-32(8-6-15)14-21(34)31(2)9-10-33)25-18(13-30)23-22-16(11-19(26)24(23)27)3-4-20(22)28-29-25/h3-5,11,13,29,33H,6-10,12,14H2,1-2H3. The molecule has 0 unspecified atom stereocenters. The van der Waals surface area contributed by atoms with Crippen molar-refractivity contribution in [2.75, 3.05) is 53.4 Å². The summed E-state index contributed by atoms with van der Waals surface area (Å²) in [6, 6.07) is 1.22. The predicted molar refractivity (Wildman–Crippen MR) is 127 cm³/mol. The van der Waals surface area contributed by atoms with Gasteiger partial charge in [0.25, 0.3) is 0 Å². The number of aliphatic hydroxyl groups is 1. The molecule has 3 heterocycles. The van der Waals surface area contributed by atoms with E-state index in [4.69, 9.17) is 5.11 Å². The summed E-state index contributed by atoms with van der Waals surface area (Å²) in [5.74, 6) is -1.78. The summed E-state index contributed by atoms with van der Waals surface area (Å²) in [6.45, 7) is 2.45. The van der Waals surface area contributed by atoms with E-state index in [-0.39, 0.29) is 24.6 Å². The number of halogens is 2. The maximum Gasteiger partial charge on any atom is 0.236 e. The predicted octanol–water partition coefficient (Wildman–Crippen LogP) is 1.92. The third-order valence-electron chi connectivity index (χ3n) is 6.71. The number of fused-ring (bicyclic) bond motifs is 2. The topological polar surface area (TPSA) is 71.4 Å². The van der Waals surface area contributed by atoms with E-state index in [0.29, 0.717) is 54.3 Å². The van der Waals surface area contributed by atoms with Gasteiger partial charge in [-0.05, 0) is 29.7 Å². The van der Waals surface area contributed by atoms with Gasteiger partial charge in [-0.1, -0.05) is 12.2 Å². The van der Waals surface area contributed by atoms with Crippen LogP contribution in [-0.2, 0) is 4.79 Å². The molecule has 0 bridgehead atoms. The summed E-state index contributed by atoms with van der Waals surface area (Å²) >= 11 is 0. The molecule has 9 heteroatoms. The van der Waals surface area contributed by atoms with Crippen LogP contribution in [0.4, 0.5) is 8.78 Å². The Morgan fingerprint density at radius 2 is 2.12 bits per heavy atom. The van der Waals surface area contributed by atoms with Crippen molar-refractivity contribution >= 4 is 23.3 Å². The van der Waals surface area contributed by atoms with Crippen LogP contribution in [0.25, 0.3) is 11.6 Å². The lowest BCUT2D eigenvalue weighted by Crippen LogP contribution is -2.41. The smallest absolute Gasteiger partial charge is 0.236 e. The molecule has 2 N–H and O–H groups in total. The SMILES string of the molecule is CN1C=C2C(=C(C3=CCN(CC(=O)N(C)CCO)CC3)C1)NN=C1C=Cc3cc(F)c(F)c2c31. The van der Waals surface area contributed by atoms with Crippen LogP contribution in [0.5, 0.6) is 0 Å². The lowest BCUT2D eigenvalue weighted by atomic mass is 9.87. The number of rotatable bonds is 5. The van der Waals surface area contributed by atoms with Crippen molar-refractivity contribution in [1.29, 1.82) is 0 Å². The van der Waals surface area contributed by atoms with Crippen molar-refractivity contribution in [3.05, 3.63) is 69.6 Å². The van der Waals surface area contributed by atoms with Gasteiger partial charge in [-0.3, -0.25) is 15.1 Å². The minimum absolute atomic E-state index is 0.0322. The number of amides is 1. The Hall–Kier alpha value is -3.30. The summed E-state index contributed by atoms with van der Waals surface area (Å²) in [4.78, 5) is 17.9. The Labute approximate surface area is 197 Å². The lowest BCUT2D eigenvalue weighted by molar-refractivity contribution is -0.131. The minimum atomic E-state index is -0.875. The lowest BCUT2D eigenvalue weighted by Gasteiger charge is -2.33. The molecule has 0 radical (unpaired) electrons. The Balaban J connectivity index is 1.47. The highest BCUT2D eigenvalue weighted by molar-refractivity contribution is 6.20. The van der Waals surface area contributed by atoms with Gasteiger partial charge < -0.3 is 14.9 Å². The fourth-order valence-electron chi connectivity index (χ4n) is 4.88. The fourth-order valence-corrected chi connectivity index (χ4v) is 4.88. The van der Waals surface area contributed by atoms with Crippen LogP contribution >= 0.6 is 0 Å². The zero-order valence-electron chi connectivity index (χ0n) is 19.2. The van der Waals surface area contributed by atoms with Gasteiger partial charge in [0.15, 0.2) is 11.6 Å². The Kier molecular flexibility index (Phi) is 5.83. The number of hydrazone groups is 1. The number of benzene rings is 1. The first-order chi connectivity index (χ1) is 16.4. The highest BCUT2D eigenvalue weighted by Gasteiger charge is 2.33. The molecule has 0 saturated carbocycles. The fraction of sp³-hybridized carbons (Fsp3) is 0.360. The van der Waals surface area contributed by atoms with Gasteiger partial charge in [-0.15, -0.1) is 0 Å². The Morgan fingerprint density at radius 1 is 1.29 bits per heavy atom. The van der Waals surface area contributed by atoms with Crippen LogP contribution in [-0.4, -0.2) is 84.9 Å². The van der Waals surface area contributed by atoms with Crippen molar-refractivity contribution in [3.63, 3.8) is 0 Å². The molecule has 7 nitrogen and oxygen atoms in total. The maximum absolute atomic E-state index is 15.2. The Morgan fingerprint density at radius 3 is 2.85 bits per heavy atom. The number of hydrogen-bond acceptors (Lipinski definition) is 6. The van der Waals surface area contributed by atoms with E-state index in [0.717, 1.165) is 17.6 Å². The quantitative estimate of drug-likeness (QED) is 0.693. The van der Waals surface area contributed by atoms with Crippen molar-refractivity contribution in [1.82, 2.24) is 20.1 Å². The van der Waals surface area contributed by atoms with Gasteiger partial charge in [0.2, 0.25) is 5.91 Å². The second-order valence-corrected chi connectivity index (χ2v) is 9.02. The van der Waals surface area contributed by atoms with Crippen LogP contribution < -0.4 is 5.43 Å². The molecule has 1 aliphatic carbocycles. The molecule has 1 amide bonds. The summed E-state index contributed by atoms with van der Waals surface area (Å²) in [6.07, 6.45) is 8.18. The third-order valence-corrected chi connectivity index (χ3v) is 6.71. The van der Waals surface area contributed by atoms with E-state index in [2.05, 4.69) is 21.5 Å². The van der Waals surface area contributed by atoms with Crippen LogP contribution in [0.3, 0.4) is 0 Å². The number of nitrogens with one attached hydrogen (secondary N) is 1. The van der Waals surface area contributed by atoms with Gasteiger partial charge in [0, 0.05) is 68.7 Å². The van der Waals surface area contributed by atoms with E-state index >= 15 is 4.39 Å². The van der Waals surface area contributed by atoms with Crippen molar-refractivity contribution in [2.24, 2.45) is 5.10 Å². The van der Waals surface area contributed by atoms with E-state index in [1.54, 1.807) is 19.2 Å². The molecule has 4 aliphatic rings. The number of carbonyl (C=O) groups is 1. The summed E-state index contributed by atoms with van der Waals surface area (Å²) in [7, 11) is 3.60. The van der Waals surface area contributed by atoms with Crippen molar-refractivity contribution in [2.45, 2.75) is 6.42 Å². The number of carbonyl (C=O) groups excluding carboxylic acids is 1. The van der Waals surface area contributed by atoms with E-state index in [9.17, 15) is 9.18 Å². The largest absolute Gasteiger partial charge is 0.395 e. The second kappa shape index (κ2) is 8.81. The molecule has 1 aromatic carbocycles. The maximum atomic E-state index is 15.2. The summed E-state index contributed by atoms with van der Waals surface area (Å²) < 4.78 is 29.6. The molecular weight excluding hydrogens is 440 g/mol. The summed E-state index contributed by atoms with van der Waals surface area (Å²) in [5.41, 5.74) is 8.58. The molecule has 3 aliphatic heterocycles. The average Bonchev–Trinajstić information content (AvgIpc) is 3.13. The molecule has 0 spiro atoms. The number of hydrogen-bond donors (Lipinski definition) is 2. The highest BCUT2D eigenvalue weighted by atomic mass is 19.2. The van der Waals surface area contributed by atoms with Crippen LogP contribution in [0.2, 0.25) is 0 Å². The van der Waals surface area contributed by atoms with E-state index < -0.39 is 11.6 Å². The molecule has 1 aromatic rings. The zero-order chi connectivity index (χ0) is 24.0. The zero-order valence-corrected chi connectivity index (χ0v) is 19.2. The van der Waals surface area contributed by atoms with Gasteiger partial charge in [0.1, 0.15) is 0 Å². The first-order valence-corrected chi connectivity index (χ1v) is 11.3. The first kappa shape index (κ1) is 22.5. The number of aliphatic hydroxyl groups excluding tert-OH is 1. The minimum Gasteiger partial charge on any atom is -0.395 e. The third kappa shape index (κ3) is 3.84. The molecule has 0 aromatic heterocycles. The summed E-state index contributed by atoms with van der Waals surface area (Å²) in [5, 5.41) is 13.6. The van der Waals surface area contributed by atoms with Crippen molar-refractivity contribution < 1.29 is 18.7 Å². The second-order valence-electron chi connectivity index (χ2n) is 9.02. The van der Waals surface area contributed by atoms with Gasteiger partial charge >= 0.3 is 0 Å². The van der Waals surface area contributed by atoms with Gasteiger partial charge in [0.05, 0.1) is 24.6 Å². The van der Waals surface area contributed by atoms with E-state index in [1.165, 1.54) is 11.0 Å². The molecule has 0 atom stereocenters. The molecule has 178 valence electrons. The molecule has 0 fully saturated rings. The molecule has 0 saturated heterocycles. The molecular formula is C25H27F2N5O2. The van der Waals surface area contributed by atoms with Crippen LogP contribution in [0.1, 0.15) is 23.1 Å². The average molecular weight is 468 g/mol. The van der Waals surface area contributed by atoms with Crippen LogP contribution in [0.15, 0.2) is 46.4 Å².